The summed E-state index contributed by atoms with van der Waals surface area (Å²) in [5, 5.41) is 12.7. The number of carbonyl (C=O) groups is 1. The summed E-state index contributed by atoms with van der Waals surface area (Å²) in [6, 6.07) is 14.8. The zero-order chi connectivity index (χ0) is 17.6. The number of aliphatic hydroxyl groups excluding tert-OH is 1. The van der Waals surface area contributed by atoms with Gasteiger partial charge in [-0.05, 0) is 36.1 Å². The van der Waals surface area contributed by atoms with Gasteiger partial charge in [0.15, 0.2) is 0 Å². The molecule has 0 aromatic heterocycles. The van der Waals surface area contributed by atoms with E-state index in [-0.39, 0.29) is 18.7 Å². The number of rotatable bonds is 5. The van der Waals surface area contributed by atoms with Crippen LogP contribution < -0.4 is 10.1 Å². The summed E-state index contributed by atoms with van der Waals surface area (Å²) in [4.78, 5) is 14.4. The molecule has 3 rings (SSSR count). The molecule has 1 aliphatic heterocycles. The number of ether oxygens (including phenoxy) is 1. The maximum Gasteiger partial charge on any atom is 0.322 e. The van der Waals surface area contributed by atoms with Gasteiger partial charge in [-0.2, -0.15) is 0 Å². The molecule has 5 nitrogen and oxygen atoms in total. The normalized spacial score (nSPS) is 16.2. The number of hydrogen-bond donors (Lipinski definition) is 2. The Morgan fingerprint density at radius 1 is 1.28 bits per heavy atom. The Kier molecular flexibility index (Phi) is 5.56. The van der Waals surface area contributed by atoms with Crippen LogP contribution in [-0.4, -0.2) is 35.8 Å². The summed E-state index contributed by atoms with van der Waals surface area (Å²) in [5.74, 6) is 0.738. The smallest absolute Gasteiger partial charge is 0.322 e. The zero-order valence-electron chi connectivity index (χ0n) is 14.4. The second kappa shape index (κ2) is 8.03. The Bertz CT molecular complexity index is 732. The minimum Gasteiger partial charge on any atom is -0.494 e. The van der Waals surface area contributed by atoms with Gasteiger partial charge in [0.2, 0.25) is 0 Å². The summed E-state index contributed by atoms with van der Waals surface area (Å²) in [5.41, 5.74) is 2.90. The minimum absolute atomic E-state index is 0.0932. The highest BCUT2D eigenvalue weighted by Gasteiger charge is 2.30. The molecule has 0 saturated heterocycles. The number of anilines is 1. The number of carbonyl (C=O) groups excluding carboxylic acids is 1. The first kappa shape index (κ1) is 17.3. The summed E-state index contributed by atoms with van der Waals surface area (Å²) >= 11 is 0. The van der Waals surface area contributed by atoms with Crippen molar-refractivity contribution in [1.29, 1.82) is 0 Å². The highest BCUT2D eigenvalue weighted by atomic mass is 16.5. The molecule has 5 heteroatoms. The average molecular weight is 340 g/mol. The Morgan fingerprint density at radius 3 is 2.92 bits per heavy atom. The molecule has 0 radical (unpaired) electrons. The molecule has 0 fully saturated rings. The van der Waals surface area contributed by atoms with Crippen molar-refractivity contribution < 1.29 is 14.6 Å². The number of amides is 2. The SMILES string of the molecule is CCCOc1cccc(NC(=O)N2CCc3ccccc3C2CO)c1. The molecule has 0 spiro atoms. The average Bonchev–Trinajstić information content (AvgIpc) is 2.65. The Labute approximate surface area is 148 Å². The van der Waals surface area contributed by atoms with Crippen LogP contribution in [0.1, 0.15) is 30.5 Å². The van der Waals surface area contributed by atoms with E-state index in [0.29, 0.717) is 18.8 Å². The van der Waals surface area contributed by atoms with E-state index >= 15 is 0 Å². The first-order valence-corrected chi connectivity index (χ1v) is 8.72. The van der Waals surface area contributed by atoms with Crippen LogP contribution in [0.3, 0.4) is 0 Å². The van der Waals surface area contributed by atoms with Crippen LogP contribution in [0.15, 0.2) is 48.5 Å². The molecular formula is C20H24N2O3. The predicted octanol–water partition coefficient (Wildman–Crippen LogP) is 3.60. The number of nitrogens with one attached hydrogen (secondary N) is 1. The number of hydrogen-bond acceptors (Lipinski definition) is 3. The number of urea groups is 1. The van der Waals surface area contributed by atoms with Gasteiger partial charge in [0.25, 0.3) is 0 Å². The van der Waals surface area contributed by atoms with Gasteiger partial charge in [-0.1, -0.05) is 37.3 Å². The number of fused-ring (bicyclic) bond motifs is 1. The number of aliphatic hydroxyl groups is 1. The summed E-state index contributed by atoms with van der Waals surface area (Å²) < 4.78 is 5.61. The fraction of sp³-hybridized carbons (Fsp3) is 0.350. The largest absolute Gasteiger partial charge is 0.494 e. The van der Waals surface area contributed by atoms with Crippen molar-refractivity contribution in [3.63, 3.8) is 0 Å². The molecule has 2 aromatic carbocycles. The molecule has 2 N–H and O–H groups in total. The molecule has 0 bridgehead atoms. The van der Waals surface area contributed by atoms with Crippen LogP contribution >= 0.6 is 0 Å². The van der Waals surface area contributed by atoms with E-state index in [1.165, 1.54) is 5.56 Å². The van der Waals surface area contributed by atoms with Gasteiger partial charge >= 0.3 is 6.03 Å². The molecule has 0 saturated carbocycles. The Balaban J connectivity index is 1.73. The van der Waals surface area contributed by atoms with Crippen LogP contribution in [0.2, 0.25) is 0 Å². The lowest BCUT2D eigenvalue weighted by atomic mass is 9.93. The summed E-state index contributed by atoms with van der Waals surface area (Å²) in [7, 11) is 0. The van der Waals surface area contributed by atoms with Crippen molar-refractivity contribution in [2.45, 2.75) is 25.8 Å². The van der Waals surface area contributed by atoms with Crippen molar-refractivity contribution in [2.75, 3.05) is 25.1 Å². The second-order valence-corrected chi connectivity index (χ2v) is 6.15. The van der Waals surface area contributed by atoms with Crippen molar-refractivity contribution in [3.05, 3.63) is 59.7 Å². The lowest BCUT2D eigenvalue weighted by Gasteiger charge is -2.36. The zero-order valence-corrected chi connectivity index (χ0v) is 14.4. The number of nitrogens with zero attached hydrogens (tertiary/aromatic N) is 1. The third kappa shape index (κ3) is 3.94. The summed E-state index contributed by atoms with van der Waals surface area (Å²) in [6.45, 7) is 3.19. The molecule has 2 amide bonds. The van der Waals surface area contributed by atoms with Gasteiger partial charge in [-0.25, -0.2) is 4.79 Å². The van der Waals surface area contributed by atoms with E-state index in [9.17, 15) is 9.90 Å². The minimum atomic E-state index is -0.315. The topological polar surface area (TPSA) is 61.8 Å². The maximum absolute atomic E-state index is 12.7. The van der Waals surface area contributed by atoms with Crippen LogP contribution in [0.4, 0.5) is 10.5 Å². The van der Waals surface area contributed by atoms with E-state index in [2.05, 4.69) is 18.3 Å². The molecule has 1 unspecified atom stereocenters. The van der Waals surface area contributed by atoms with Gasteiger partial charge in [0.1, 0.15) is 5.75 Å². The predicted molar refractivity (Wildman–Crippen MR) is 97.9 cm³/mol. The molecule has 2 aromatic rings. The quantitative estimate of drug-likeness (QED) is 0.874. The van der Waals surface area contributed by atoms with Crippen molar-refractivity contribution in [2.24, 2.45) is 0 Å². The molecule has 0 aliphatic carbocycles. The van der Waals surface area contributed by atoms with Crippen LogP contribution in [-0.2, 0) is 6.42 Å². The van der Waals surface area contributed by atoms with Crippen LogP contribution in [0.5, 0.6) is 5.75 Å². The third-order valence-corrected chi connectivity index (χ3v) is 4.40. The van der Waals surface area contributed by atoms with Crippen LogP contribution in [0, 0.1) is 0 Å². The third-order valence-electron chi connectivity index (χ3n) is 4.40. The molecule has 1 heterocycles. The van der Waals surface area contributed by atoms with Crippen LogP contribution in [0.25, 0.3) is 0 Å². The molecule has 132 valence electrons. The fourth-order valence-electron chi connectivity index (χ4n) is 3.17. The standard InChI is InChI=1S/C20H24N2O3/c1-2-12-25-17-8-5-7-16(13-17)21-20(24)22-11-10-15-6-3-4-9-18(15)19(22)14-23/h3-9,13,19,23H,2,10-12,14H2,1H3,(H,21,24). The molecular weight excluding hydrogens is 316 g/mol. The highest BCUT2D eigenvalue weighted by Crippen LogP contribution is 2.30. The van der Waals surface area contributed by atoms with E-state index < -0.39 is 0 Å². The van der Waals surface area contributed by atoms with Gasteiger partial charge in [-0.15, -0.1) is 0 Å². The van der Waals surface area contributed by atoms with Crippen molar-refractivity contribution in [1.82, 2.24) is 4.90 Å². The first-order valence-electron chi connectivity index (χ1n) is 8.72. The maximum atomic E-state index is 12.7. The van der Waals surface area contributed by atoms with Gasteiger partial charge in [0.05, 0.1) is 19.3 Å². The van der Waals surface area contributed by atoms with E-state index in [1.807, 2.05) is 42.5 Å². The Hall–Kier alpha value is -2.53. The number of benzene rings is 2. The molecule has 25 heavy (non-hydrogen) atoms. The van der Waals surface area contributed by atoms with E-state index in [0.717, 1.165) is 24.2 Å². The first-order chi connectivity index (χ1) is 12.2. The van der Waals surface area contributed by atoms with Crippen molar-refractivity contribution in [3.8, 4) is 5.75 Å². The molecule has 1 aliphatic rings. The fourth-order valence-corrected chi connectivity index (χ4v) is 3.17. The van der Waals surface area contributed by atoms with E-state index in [1.54, 1.807) is 4.90 Å². The van der Waals surface area contributed by atoms with Gasteiger partial charge in [-0.3, -0.25) is 0 Å². The highest BCUT2D eigenvalue weighted by molar-refractivity contribution is 5.90. The van der Waals surface area contributed by atoms with Crippen molar-refractivity contribution >= 4 is 11.7 Å². The Morgan fingerprint density at radius 2 is 2.12 bits per heavy atom. The van der Waals surface area contributed by atoms with Gasteiger partial charge < -0.3 is 20.1 Å². The monoisotopic (exact) mass is 340 g/mol. The lowest BCUT2D eigenvalue weighted by molar-refractivity contribution is 0.135. The van der Waals surface area contributed by atoms with E-state index in [4.69, 9.17) is 4.74 Å². The van der Waals surface area contributed by atoms with Gasteiger partial charge in [0, 0.05) is 18.3 Å². The lowest BCUT2D eigenvalue weighted by Crippen LogP contribution is -2.43. The molecule has 1 atom stereocenters. The summed E-state index contributed by atoms with van der Waals surface area (Å²) in [6.07, 6.45) is 1.72. The second-order valence-electron chi connectivity index (χ2n) is 6.15.